The first kappa shape index (κ1) is 12.4. The Bertz CT molecular complexity index is 97.3. The van der Waals surface area contributed by atoms with Gasteiger partial charge in [0.15, 0.2) is 0 Å². The first-order valence-corrected chi connectivity index (χ1v) is 8.46. The standard InChI is InChI=1S/C11H27P/c1-6-11(5)10-12(7-2,8-3)9-4/h11-12H,6-10H2,1-5H3. The summed E-state index contributed by atoms with van der Waals surface area (Å²) in [5.41, 5.74) is 0. The van der Waals surface area contributed by atoms with Gasteiger partial charge in [0.25, 0.3) is 0 Å². The van der Waals surface area contributed by atoms with Crippen molar-refractivity contribution in [3.05, 3.63) is 0 Å². The molecule has 0 saturated heterocycles. The van der Waals surface area contributed by atoms with Gasteiger partial charge in [0, 0.05) is 0 Å². The topological polar surface area (TPSA) is 0 Å². The molecule has 1 heteroatoms. The van der Waals surface area contributed by atoms with E-state index in [9.17, 15) is 0 Å². The van der Waals surface area contributed by atoms with Gasteiger partial charge >= 0.3 is 78.9 Å². The van der Waals surface area contributed by atoms with E-state index < -0.39 is 7.26 Å². The van der Waals surface area contributed by atoms with Crippen molar-refractivity contribution < 1.29 is 0 Å². The molecule has 0 radical (unpaired) electrons. The Kier molecular flexibility index (Phi) is 6.19. The summed E-state index contributed by atoms with van der Waals surface area (Å²) in [4.78, 5) is 0. The van der Waals surface area contributed by atoms with Gasteiger partial charge in [0.1, 0.15) is 0 Å². The molecule has 0 amide bonds. The number of rotatable bonds is 6. The van der Waals surface area contributed by atoms with Gasteiger partial charge in [0.05, 0.1) is 0 Å². The summed E-state index contributed by atoms with van der Waals surface area (Å²) < 4.78 is 0. The summed E-state index contributed by atoms with van der Waals surface area (Å²) >= 11 is 0. The van der Waals surface area contributed by atoms with Gasteiger partial charge in [-0.25, -0.2) is 0 Å². The first-order valence-electron chi connectivity index (χ1n) is 5.64. The Morgan fingerprint density at radius 3 is 1.58 bits per heavy atom. The van der Waals surface area contributed by atoms with E-state index in [1.54, 1.807) is 6.16 Å². The molecule has 0 aromatic rings. The Morgan fingerprint density at radius 2 is 1.33 bits per heavy atom. The Hall–Kier alpha value is 0.430. The predicted octanol–water partition coefficient (Wildman–Crippen LogP) is 3.84. The van der Waals surface area contributed by atoms with Crippen LogP contribution in [0.5, 0.6) is 0 Å². The van der Waals surface area contributed by atoms with Gasteiger partial charge in [-0.2, -0.15) is 0 Å². The molecule has 0 spiro atoms. The van der Waals surface area contributed by atoms with Crippen LogP contribution < -0.4 is 0 Å². The average molecular weight is 190 g/mol. The predicted molar refractivity (Wildman–Crippen MR) is 64.3 cm³/mol. The van der Waals surface area contributed by atoms with E-state index in [-0.39, 0.29) is 0 Å². The van der Waals surface area contributed by atoms with E-state index in [2.05, 4.69) is 34.6 Å². The van der Waals surface area contributed by atoms with E-state index in [0.29, 0.717) is 0 Å². The van der Waals surface area contributed by atoms with E-state index >= 15 is 0 Å². The summed E-state index contributed by atoms with van der Waals surface area (Å²) in [6.45, 7) is 12.0. The van der Waals surface area contributed by atoms with Gasteiger partial charge in [-0.3, -0.25) is 0 Å². The number of hydrogen-bond acceptors (Lipinski definition) is 0. The van der Waals surface area contributed by atoms with Gasteiger partial charge in [-0.05, 0) is 0 Å². The molecule has 0 aliphatic rings. The van der Waals surface area contributed by atoms with Crippen LogP contribution in [0, 0.1) is 5.92 Å². The van der Waals surface area contributed by atoms with Crippen LogP contribution in [0.25, 0.3) is 0 Å². The summed E-state index contributed by atoms with van der Waals surface area (Å²) in [6, 6.07) is 0. The summed E-state index contributed by atoms with van der Waals surface area (Å²) in [5, 5.41) is 0. The van der Waals surface area contributed by atoms with Crippen molar-refractivity contribution >= 4 is 7.26 Å². The van der Waals surface area contributed by atoms with Crippen molar-refractivity contribution in [2.45, 2.75) is 41.0 Å². The van der Waals surface area contributed by atoms with Crippen LogP contribution >= 0.6 is 7.26 Å². The molecule has 0 heterocycles. The van der Waals surface area contributed by atoms with Crippen molar-refractivity contribution in [3.8, 4) is 0 Å². The van der Waals surface area contributed by atoms with Crippen LogP contribution in [0.15, 0.2) is 0 Å². The fraction of sp³-hybridized carbons (Fsp3) is 1.00. The molecule has 76 valence electrons. The molecule has 0 aromatic heterocycles. The molecule has 0 aliphatic carbocycles. The fourth-order valence-corrected chi connectivity index (χ4v) is 6.20. The summed E-state index contributed by atoms with van der Waals surface area (Å²) in [7, 11) is -0.801. The maximum absolute atomic E-state index is 2.42. The monoisotopic (exact) mass is 190 g/mol. The third-order valence-electron chi connectivity index (χ3n) is 3.73. The van der Waals surface area contributed by atoms with Crippen LogP contribution in [0.3, 0.4) is 0 Å². The van der Waals surface area contributed by atoms with Crippen LogP contribution in [0.2, 0.25) is 0 Å². The maximum atomic E-state index is 2.42. The van der Waals surface area contributed by atoms with E-state index in [4.69, 9.17) is 0 Å². The molecular weight excluding hydrogens is 163 g/mol. The third-order valence-corrected chi connectivity index (χ3v) is 9.79. The molecule has 0 rings (SSSR count). The zero-order chi connectivity index (χ0) is 9.61. The Balaban J connectivity index is 4.09. The van der Waals surface area contributed by atoms with Crippen molar-refractivity contribution in [1.82, 2.24) is 0 Å². The molecule has 0 aromatic carbocycles. The summed E-state index contributed by atoms with van der Waals surface area (Å²) in [6.07, 6.45) is 7.40. The Morgan fingerprint density at radius 1 is 0.917 bits per heavy atom. The second kappa shape index (κ2) is 5.97. The van der Waals surface area contributed by atoms with Crippen molar-refractivity contribution in [2.75, 3.05) is 24.6 Å². The van der Waals surface area contributed by atoms with Gasteiger partial charge < -0.3 is 0 Å². The molecule has 12 heavy (non-hydrogen) atoms. The van der Waals surface area contributed by atoms with Crippen LogP contribution in [0.1, 0.15) is 41.0 Å². The van der Waals surface area contributed by atoms with Gasteiger partial charge in [-0.15, -0.1) is 0 Å². The number of hydrogen-bond donors (Lipinski definition) is 0. The molecular formula is C11H27P. The second-order valence-corrected chi connectivity index (χ2v) is 9.81. The molecule has 0 bridgehead atoms. The first-order chi connectivity index (χ1) is 5.64. The average Bonchev–Trinajstić information content (AvgIpc) is 2.14. The van der Waals surface area contributed by atoms with Gasteiger partial charge in [0.2, 0.25) is 0 Å². The third kappa shape index (κ3) is 3.44. The minimum absolute atomic E-state index is 0.801. The quantitative estimate of drug-likeness (QED) is 0.558. The fourth-order valence-electron chi connectivity index (χ4n) is 2.07. The minimum atomic E-state index is -0.801. The van der Waals surface area contributed by atoms with Crippen molar-refractivity contribution in [3.63, 3.8) is 0 Å². The van der Waals surface area contributed by atoms with E-state index in [0.717, 1.165) is 5.92 Å². The normalized spacial score (nSPS) is 16.1. The molecule has 0 N–H and O–H groups in total. The van der Waals surface area contributed by atoms with Crippen molar-refractivity contribution in [1.29, 1.82) is 0 Å². The Labute approximate surface area is 79.5 Å². The molecule has 0 saturated carbocycles. The van der Waals surface area contributed by atoms with Crippen LogP contribution in [-0.4, -0.2) is 24.6 Å². The van der Waals surface area contributed by atoms with E-state index in [1.807, 2.05) is 0 Å². The van der Waals surface area contributed by atoms with Gasteiger partial charge in [-0.1, -0.05) is 0 Å². The second-order valence-electron chi connectivity index (χ2n) is 4.28. The molecule has 1 unspecified atom stereocenters. The zero-order valence-corrected chi connectivity index (χ0v) is 10.6. The van der Waals surface area contributed by atoms with Crippen LogP contribution in [0.4, 0.5) is 0 Å². The van der Waals surface area contributed by atoms with Crippen LogP contribution in [-0.2, 0) is 0 Å². The zero-order valence-electron chi connectivity index (χ0n) is 9.61. The SMILES string of the molecule is CCC(C)C[PH](CC)(CC)CC. The molecule has 0 fully saturated rings. The van der Waals surface area contributed by atoms with E-state index in [1.165, 1.54) is 24.9 Å². The molecule has 1 atom stereocenters. The molecule has 0 aliphatic heterocycles. The molecule has 0 nitrogen and oxygen atoms in total. The summed E-state index contributed by atoms with van der Waals surface area (Å²) in [5.74, 6) is 0.969. The van der Waals surface area contributed by atoms with Crippen molar-refractivity contribution in [2.24, 2.45) is 5.92 Å².